The topological polar surface area (TPSA) is 68.7 Å². The zero-order valence-electron chi connectivity index (χ0n) is 13.3. The van der Waals surface area contributed by atoms with E-state index in [9.17, 15) is 4.79 Å². The first-order valence-corrected chi connectivity index (χ1v) is 7.40. The van der Waals surface area contributed by atoms with Crippen molar-refractivity contribution in [3.05, 3.63) is 64.3 Å². The molecule has 114 valence electrons. The molecular weight excluding hydrogens is 286 g/mol. The van der Waals surface area contributed by atoms with Crippen LogP contribution < -0.4 is 5.32 Å². The van der Waals surface area contributed by atoms with Crippen LogP contribution in [0.1, 0.15) is 32.7 Å². The molecule has 0 fully saturated rings. The number of hydrogen-bond acceptors (Lipinski definition) is 2. The lowest BCUT2D eigenvalue weighted by Gasteiger charge is -2.09. The summed E-state index contributed by atoms with van der Waals surface area (Å²) in [6.07, 6.45) is 0. The molecule has 4 nitrogen and oxygen atoms in total. The molecule has 2 aromatic carbocycles. The summed E-state index contributed by atoms with van der Waals surface area (Å²) in [7, 11) is 0. The number of nitrogens with one attached hydrogen (secondary N) is 2. The average Bonchev–Trinajstić information content (AvgIpc) is 2.83. The summed E-state index contributed by atoms with van der Waals surface area (Å²) in [5.41, 5.74) is 6.00. The number of nitriles is 1. The van der Waals surface area contributed by atoms with Crippen LogP contribution in [0.2, 0.25) is 0 Å². The van der Waals surface area contributed by atoms with E-state index in [4.69, 9.17) is 5.26 Å². The third kappa shape index (κ3) is 2.69. The number of anilines is 1. The van der Waals surface area contributed by atoms with Gasteiger partial charge < -0.3 is 10.3 Å². The molecule has 0 radical (unpaired) electrons. The van der Waals surface area contributed by atoms with Gasteiger partial charge in [-0.2, -0.15) is 5.26 Å². The number of H-pyrrole nitrogens is 1. The van der Waals surface area contributed by atoms with Crippen LogP contribution in [0.3, 0.4) is 0 Å². The second-order valence-electron chi connectivity index (χ2n) is 5.73. The Balaban J connectivity index is 1.95. The van der Waals surface area contributed by atoms with Gasteiger partial charge in [-0.05, 0) is 62.2 Å². The van der Waals surface area contributed by atoms with Crippen molar-refractivity contribution in [3.63, 3.8) is 0 Å². The Morgan fingerprint density at radius 3 is 2.65 bits per heavy atom. The van der Waals surface area contributed by atoms with E-state index in [1.165, 1.54) is 0 Å². The molecule has 3 aromatic rings. The van der Waals surface area contributed by atoms with Gasteiger partial charge in [-0.3, -0.25) is 4.79 Å². The minimum atomic E-state index is -0.177. The first-order valence-electron chi connectivity index (χ1n) is 7.40. The molecule has 0 spiro atoms. The molecule has 0 atom stereocenters. The van der Waals surface area contributed by atoms with Crippen molar-refractivity contribution in [2.24, 2.45) is 0 Å². The van der Waals surface area contributed by atoms with Gasteiger partial charge in [-0.1, -0.05) is 6.07 Å². The summed E-state index contributed by atoms with van der Waals surface area (Å²) in [5, 5.41) is 12.9. The zero-order valence-corrected chi connectivity index (χ0v) is 13.3. The maximum Gasteiger partial charge on any atom is 0.255 e. The number of aromatic nitrogens is 1. The van der Waals surface area contributed by atoms with E-state index >= 15 is 0 Å². The van der Waals surface area contributed by atoms with Crippen LogP contribution in [0, 0.1) is 32.1 Å². The highest BCUT2D eigenvalue weighted by molar-refractivity contribution is 6.07. The monoisotopic (exact) mass is 303 g/mol. The Kier molecular flexibility index (Phi) is 3.63. The van der Waals surface area contributed by atoms with Gasteiger partial charge in [0, 0.05) is 27.8 Å². The molecule has 1 heterocycles. The zero-order chi connectivity index (χ0) is 16.6. The number of hydrogen-bond donors (Lipinski definition) is 2. The predicted octanol–water partition coefficient (Wildman–Crippen LogP) is 4.22. The van der Waals surface area contributed by atoms with Crippen molar-refractivity contribution < 1.29 is 4.79 Å². The van der Waals surface area contributed by atoms with E-state index in [-0.39, 0.29) is 5.91 Å². The van der Waals surface area contributed by atoms with Gasteiger partial charge >= 0.3 is 0 Å². The predicted molar refractivity (Wildman–Crippen MR) is 91.6 cm³/mol. The fourth-order valence-corrected chi connectivity index (χ4v) is 2.62. The molecule has 23 heavy (non-hydrogen) atoms. The lowest BCUT2D eigenvalue weighted by atomic mass is 10.1. The summed E-state index contributed by atoms with van der Waals surface area (Å²) in [6.45, 7) is 5.96. The lowest BCUT2D eigenvalue weighted by molar-refractivity contribution is 0.102. The second-order valence-corrected chi connectivity index (χ2v) is 5.73. The summed E-state index contributed by atoms with van der Waals surface area (Å²) < 4.78 is 0. The highest BCUT2D eigenvalue weighted by Crippen LogP contribution is 2.23. The average molecular weight is 303 g/mol. The van der Waals surface area contributed by atoms with Crippen molar-refractivity contribution in [3.8, 4) is 6.07 Å². The highest BCUT2D eigenvalue weighted by Gasteiger charge is 2.11. The minimum Gasteiger partial charge on any atom is -0.358 e. The van der Waals surface area contributed by atoms with Crippen LogP contribution in [0.15, 0.2) is 36.4 Å². The Hall–Kier alpha value is -3.06. The molecule has 0 aliphatic rings. The molecule has 0 bridgehead atoms. The maximum absolute atomic E-state index is 12.5. The largest absolute Gasteiger partial charge is 0.358 e. The van der Waals surface area contributed by atoms with Crippen LogP contribution in [-0.2, 0) is 0 Å². The van der Waals surface area contributed by atoms with E-state index in [1.807, 2.05) is 39.0 Å². The molecule has 3 rings (SSSR count). The van der Waals surface area contributed by atoms with Crippen LogP contribution in [0.25, 0.3) is 10.9 Å². The summed E-state index contributed by atoms with van der Waals surface area (Å²) in [6, 6.07) is 13.0. The first kappa shape index (κ1) is 14.9. The van der Waals surface area contributed by atoms with Crippen LogP contribution >= 0.6 is 0 Å². The third-order valence-electron chi connectivity index (χ3n) is 4.19. The number of benzene rings is 2. The lowest BCUT2D eigenvalue weighted by Crippen LogP contribution is -2.12. The molecule has 0 aliphatic carbocycles. The molecule has 0 saturated carbocycles. The van der Waals surface area contributed by atoms with Gasteiger partial charge in [-0.25, -0.2) is 0 Å². The van der Waals surface area contributed by atoms with Crippen LogP contribution in [0.5, 0.6) is 0 Å². The fourth-order valence-electron chi connectivity index (χ4n) is 2.62. The fraction of sp³-hybridized carbons (Fsp3) is 0.158. The van der Waals surface area contributed by atoms with Crippen molar-refractivity contribution in [1.29, 1.82) is 5.26 Å². The molecule has 1 aromatic heterocycles. The van der Waals surface area contributed by atoms with Gasteiger partial charge in [0.1, 0.15) is 0 Å². The molecular formula is C19H17N3O. The second kappa shape index (κ2) is 5.62. The van der Waals surface area contributed by atoms with E-state index in [0.29, 0.717) is 16.8 Å². The quantitative estimate of drug-likeness (QED) is 0.744. The van der Waals surface area contributed by atoms with Gasteiger partial charge in [-0.15, -0.1) is 0 Å². The van der Waals surface area contributed by atoms with E-state index in [2.05, 4.69) is 16.4 Å². The number of nitrogens with zero attached hydrogens (tertiary/aromatic N) is 1. The van der Waals surface area contributed by atoms with Crippen molar-refractivity contribution in [1.82, 2.24) is 4.98 Å². The number of aromatic amines is 1. The number of fused-ring (bicyclic) bond motifs is 1. The molecule has 1 amide bonds. The smallest absolute Gasteiger partial charge is 0.255 e. The van der Waals surface area contributed by atoms with Gasteiger partial charge in [0.15, 0.2) is 0 Å². The first-order chi connectivity index (χ1) is 11.0. The normalized spacial score (nSPS) is 10.5. The summed E-state index contributed by atoms with van der Waals surface area (Å²) in [5.74, 6) is -0.177. The van der Waals surface area contributed by atoms with Gasteiger partial charge in [0.2, 0.25) is 0 Å². The number of carbonyl (C=O) groups is 1. The number of amides is 1. The van der Waals surface area contributed by atoms with Crippen LogP contribution in [-0.4, -0.2) is 10.9 Å². The standard InChI is InChI=1S/C19H17N3O/c1-11-4-5-14(10-20)8-18(11)22-19(23)15-6-7-17-16(9-15)12(2)13(3)21-17/h4-9,21H,1-3H3,(H,22,23). The number of rotatable bonds is 2. The Labute approximate surface area is 134 Å². The van der Waals surface area contributed by atoms with E-state index in [1.54, 1.807) is 18.2 Å². The molecule has 4 heteroatoms. The van der Waals surface area contributed by atoms with Crippen molar-refractivity contribution >= 4 is 22.5 Å². The van der Waals surface area contributed by atoms with Gasteiger partial charge in [0.25, 0.3) is 5.91 Å². The van der Waals surface area contributed by atoms with Crippen LogP contribution in [0.4, 0.5) is 5.69 Å². The number of carbonyl (C=O) groups excluding carboxylic acids is 1. The molecule has 2 N–H and O–H groups in total. The van der Waals surface area contributed by atoms with Crippen molar-refractivity contribution in [2.75, 3.05) is 5.32 Å². The highest BCUT2D eigenvalue weighted by atomic mass is 16.1. The Morgan fingerprint density at radius 1 is 1.13 bits per heavy atom. The minimum absolute atomic E-state index is 0.177. The molecule has 0 saturated heterocycles. The third-order valence-corrected chi connectivity index (χ3v) is 4.19. The Bertz CT molecular complexity index is 961. The van der Waals surface area contributed by atoms with Crippen molar-refractivity contribution in [2.45, 2.75) is 20.8 Å². The van der Waals surface area contributed by atoms with E-state index < -0.39 is 0 Å². The van der Waals surface area contributed by atoms with E-state index in [0.717, 1.165) is 27.7 Å². The number of aryl methyl sites for hydroxylation is 3. The maximum atomic E-state index is 12.5. The van der Waals surface area contributed by atoms with Gasteiger partial charge in [0.05, 0.1) is 11.6 Å². The summed E-state index contributed by atoms with van der Waals surface area (Å²) >= 11 is 0. The summed E-state index contributed by atoms with van der Waals surface area (Å²) in [4.78, 5) is 15.8. The SMILES string of the molecule is Cc1ccc(C#N)cc1NC(=O)c1ccc2[nH]c(C)c(C)c2c1. The molecule has 0 unspecified atom stereocenters. The Morgan fingerprint density at radius 2 is 1.91 bits per heavy atom. The molecule has 0 aliphatic heterocycles.